The SMILES string of the molecule is CCN(CC)c1nc2sc(C(=O)NC3(CN)CCCC3)cc2s1.Cl.Cl. The minimum Gasteiger partial charge on any atom is -0.349 e. The Kier molecular flexibility index (Phi) is 8.41. The average Bonchev–Trinajstić information content (AvgIpc) is 3.23. The van der Waals surface area contributed by atoms with Gasteiger partial charge in [0.15, 0.2) is 5.13 Å². The number of thiazole rings is 1. The van der Waals surface area contributed by atoms with Gasteiger partial charge in [0, 0.05) is 19.6 Å². The second-order valence-electron chi connectivity index (χ2n) is 6.09. The van der Waals surface area contributed by atoms with Crippen LogP contribution in [0.4, 0.5) is 5.13 Å². The van der Waals surface area contributed by atoms with Crippen LogP contribution in [0.2, 0.25) is 0 Å². The van der Waals surface area contributed by atoms with Crippen LogP contribution in [0.1, 0.15) is 49.2 Å². The summed E-state index contributed by atoms with van der Waals surface area (Å²) < 4.78 is 1.09. The van der Waals surface area contributed by atoms with E-state index < -0.39 is 0 Å². The summed E-state index contributed by atoms with van der Waals surface area (Å²) in [6, 6.07) is 1.97. The maximum atomic E-state index is 12.6. The molecule has 0 aromatic carbocycles. The van der Waals surface area contributed by atoms with Gasteiger partial charge in [-0.15, -0.1) is 36.2 Å². The van der Waals surface area contributed by atoms with Crippen molar-refractivity contribution in [2.24, 2.45) is 5.73 Å². The van der Waals surface area contributed by atoms with Crippen LogP contribution in [0.5, 0.6) is 0 Å². The van der Waals surface area contributed by atoms with Gasteiger partial charge in [-0.1, -0.05) is 24.2 Å². The van der Waals surface area contributed by atoms with Gasteiger partial charge in [0.2, 0.25) is 0 Å². The molecule has 0 saturated heterocycles. The van der Waals surface area contributed by atoms with Crippen molar-refractivity contribution in [2.45, 2.75) is 45.1 Å². The predicted octanol–water partition coefficient (Wildman–Crippen LogP) is 4.05. The summed E-state index contributed by atoms with van der Waals surface area (Å²) in [5.41, 5.74) is 5.71. The fourth-order valence-corrected chi connectivity index (χ4v) is 5.43. The first-order valence-electron chi connectivity index (χ1n) is 8.28. The van der Waals surface area contributed by atoms with Crippen LogP contribution in [0.25, 0.3) is 9.53 Å². The smallest absolute Gasteiger partial charge is 0.261 e. The van der Waals surface area contributed by atoms with Gasteiger partial charge in [-0.2, -0.15) is 0 Å². The number of nitrogens with zero attached hydrogens (tertiary/aromatic N) is 2. The zero-order valence-corrected chi connectivity index (χ0v) is 17.8. The number of hydrogen-bond donors (Lipinski definition) is 2. The van der Waals surface area contributed by atoms with E-state index in [1.54, 1.807) is 11.3 Å². The Labute approximate surface area is 169 Å². The lowest BCUT2D eigenvalue weighted by molar-refractivity contribution is 0.0907. The number of rotatable bonds is 6. The van der Waals surface area contributed by atoms with Crippen molar-refractivity contribution in [2.75, 3.05) is 24.5 Å². The van der Waals surface area contributed by atoms with Crippen molar-refractivity contribution in [1.82, 2.24) is 10.3 Å². The van der Waals surface area contributed by atoms with Gasteiger partial charge in [0.25, 0.3) is 5.91 Å². The quantitative estimate of drug-likeness (QED) is 0.733. The molecule has 25 heavy (non-hydrogen) atoms. The van der Waals surface area contributed by atoms with Crippen molar-refractivity contribution >= 4 is 68.1 Å². The molecule has 0 spiro atoms. The highest BCUT2D eigenvalue weighted by molar-refractivity contribution is 7.29. The number of halogens is 2. The average molecular weight is 425 g/mol. The molecule has 1 aliphatic carbocycles. The number of carbonyl (C=O) groups is 1. The molecule has 2 heterocycles. The molecule has 0 radical (unpaired) electrons. The molecule has 0 bridgehead atoms. The number of thiophene rings is 1. The van der Waals surface area contributed by atoms with E-state index >= 15 is 0 Å². The number of amides is 1. The van der Waals surface area contributed by atoms with E-state index in [1.807, 2.05) is 6.07 Å². The summed E-state index contributed by atoms with van der Waals surface area (Å²) in [4.78, 5) is 21.2. The Hall–Kier alpha value is -0.600. The summed E-state index contributed by atoms with van der Waals surface area (Å²) in [5, 5.41) is 4.22. The normalized spacial score (nSPS) is 15.5. The standard InChI is InChI=1S/C16H24N4OS2.2ClH/c1-3-20(4-2)15-18-14-12(23-15)9-11(22-14)13(21)19-16(10-17)7-5-6-8-16;;/h9H,3-8,10,17H2,1-2H3,(H,19,21);2*1H. The van der Waals surface area contributed by atoms with Crippen molar-refractivity contribution < 1.29 is 4.79 Å². The van der Waals surface area contributed by atoms with Crippen LogP contribution < -0.4 is 16.0 Å². The fraction of sp³-hybridized carbons (Fsp3) is 0.625. The lowest BCUT2D eigenvalue weighted by atomic mass is 9.98. The molecule has 0 unspecified atom stereocenters. The predicted molar refractivity (Wildman–Crippen MR) is 113 cm³/mol. The summed E-state index contributed by atoms with van der Waals surface area (Å²) >= 11 is 3.14. The number of anilines is 1. The molecule has 2 aromatic heterocycles. The summed E-state index contributed by atoms with van der Waals surface area (Å²) in [6.07, 6.45) is 4.26. The van der Waals surface area contributed by atoms with Crippen molar-refractivity contribution in [3.8, 4) is 0 Å². The maximum absolute atomic E-state index is 12.6. The molecule has 2 aromatic rings. The number of aromatic nitrogens is 1. The van der Waals surface area contributed by atoms with E-state index in [2.05, 4.69) is 29.0 Å². The molecular formula is C16H26Cl2N4OS2. The van der Waals surface area contributed by atoms with Crippen LogP contribution in [0.15, 0.2) is 6.07 Å². The van der Waals surface area contributed by atoms with Crippen LogP contribution >= 0.6 is 47.5 Å². The first-order chi connectivity index (χ1) is 11.1. The second-order valence-corrected chi connectivity index (χ2v) is 8.13. The highest BCUT2D eigenvalue weighted by atomic mass is 35.5. The van der Waals surface area contributed by atoms with Crippen molar-refractivity contribution in [1.29, 1.82) is 0 Å². The minimum atomic E-state index is -0.200. The Balaban J connectivity index is 0.00000156. The lowest BCUT2D eigenvalue weighted by Crippen LogP contribution is -2.51. The fourth-order valence-electron chi connectivity index (χ4n) is 3.20. The van der Waals surface area contributed by atoms with E-state index in [4.69, 9.17) is 5.73 Å². The summed E-state index contributed by atoms with van der Waals surface area (Å²) in [6.45, 7) is 6.67. The third-order valence-electron chi connectivity index (χ3n) is 4.67. The third-order valence-corrected chi connectivity index (χ3v) is 6.89. The Morgan fingerprint density at radius 2 is 1.92 bits per heavy atom. The zero-order chi connectivity index (χ0) is 16.4. The maximum Gasteiger partial charge on any atom is 0.261 e. The molecule has 5 nitrogen and oxygen atoms in total. The van der Waals surface area contributed by atoms with Crippen molar-refractivity contribution in [3.05, 3.63) is 10.9 Å². The second kappa shape index (κ2) is 9.37. The minimum absolute atomic E-state index is 0. The van der Waals surface area contributed by atoms with Gasteiger partial charge in [0.1, 0.15) is 4.83 Å². The van der Waals surface area contributed by atoms with Gasteiger partial charge in [0.05, 0.1) is 15.1 Å². The van der Waals surface area contributed by atoms with E-state index in [0.717, 1.165) is 58.3 Å². The Morgan fingerprint density at radius 1 is 1.28 bits per heavy atom. The first-order valence-corrected chi connectivity index (χ1v) is 9.92. The number of fused-ring (bicyclic) bond motifs is 1. The largest absolute Gasteiger partial charge is 0.349 e. The number of carbonyl (C=O) groups excluding carboxylic acids is 1. The van der Waals surface area contributed by atoms with Crippen LogP contribution in [0, 0.1) is 0 Å². The monoisotopic (exact) mass is 424 g/mol. The molecule has 1 aliphatic rings. The molecule has 0 aliphatic heterocycles. The summed E-state index contributed by atoms with van der Waals surface area (Å²) in [7, 11) is 0. The molecule has 142 valence electrons. The highest BCUT2D eigenvalue weighted by Gasteiger charge is 2.34. The van der Waals surface area contributed by atoms with Crippen molar-refractivity contribution in [3.63, 3.8) is 0 Å². The molecule has 1 saturated carbocycles. The van der Waals surface area contributed by atoms with Gasteiger partial charge in [-0.25, -0.2) is 4.98 Å². The van der Waals surface area contributed by atoms with Gasteiger partial charge < -0.3 is 16.0 Å². The Morgan fingerprint density at radius 3 is 2.44 bits per heavy atom. The third kappa shape index (κ3) is 4.57. The van der Waals surface area contributed by atoms with Gasteiger partial charge >= 0.3 is 0 Å². The molecule has 0 atom stereocenters. The molecule has 9 heteroatoms. The van der Waals surface area contributed by atoms with Crippen LogP contribution in [0.3, 0.4) is 0 Å². The molecule has 3 rings (SSSR count). The lowest BCUT2D eigenvalue weighted by Gasteiger charge is -2.28. The number of nitrogens with one attached hydrogen (secondary N) is 1. The van der Waals surface area contributed by atoms with Crippen LogP contribution in [-0.4, -0.2) is 36.1 Å². The van der Waals surface area contributed by atoms with Crippen LogP contribution in [-0.2, 0) is 0 Å². The molecule has 1 fully saturated rings. The van der Waals surface area contributed by atoms with Gasteiger partial charge in [-0.3, -0.25) is 4.79 Å². The zero-order valence-electron chi connectivity index (χ0n) is 14.5. The highest BCUT2D eigenvalue weighted by Crippen LogP contribution is 2.35. The molecule has 1 amide bonds. The number of nitrogens with two attached hydrogens (primary N) is 1. The molecular weight excluding hydrogens is 399 g/mol. The van der Waals surface area contributed by atoms with E-state index in [-0.39, 0.29) is 36.3 Å². The first kappa shape index (κ1) is 22.4. The van der Waals surface area contributed by atoms with E-state index in [0.29, 0.717) is 6.54 Å². The topological polar surface area (TPSA) is 71.2 Å². The number of hydrogen-bond acceptors (Lipinski definition) is 6. The van der Waals surface area contributed by atoms with E-state index in [1.165, 1.54) is 11.3 Å². The summed E-state index contributed by atoms with van der Waals surface area (Å²) in [5.74, 6) is -0.00283. The molecule has 3 N–H and O–H groups in total. The van der Waals surface area contributed by atoms with E-state index in [9.17, 15) is 4.79 Å². The Bertz CT molecular complexity index is 662. The van der Waals surface area contributed by atoms with Gasteiger partial charge in [-0.05, 0) is 32.8 Å².